The minimum absolute atomic E-state index is 0.0222. The summed E-state index contributed by atoms with van der Waals surface area (Å²) in [5.41, 5.74) is 10.1. The zero-order chi connectivity index (χ0) is 16.1. The second-order valence-corrected chi connectivity index (χ2v) is 5.95. The Hall–Kier alpha value is -2.17. The maximum atomic E-state index is 12.1. The number of hydrogen-bond acceptors (Lipinski definition) is 3. The van der Waals surface area contributed by atoms with Crippen molar-refractivity contribution < 1.29 is 4.79 Å². The highest BCUT2D eigenvalue weighted by molar-refractivity contribution is 5.94. The van der Waals surface area contributed by atoms with Crippen molar-refractivity contribution in [1.29, 1.82) is 0 Å². The van der Waals surface area contributed by atoms with Crippen LogP contribution in [-0.2, 0) is 19.5 Å². The summed E-state index contributed by atoms with van der Waals surface area (Å²) in [4.78, 5) is 14.5. The Morgan fingerprint density at radius 2 is 1.83 bits per heavy atom. The molecule has 0 unspecified atom stereocenters. The van der Waals surface area contributed by atoms with E-state index in [1.165, 1.54) is 11.1 Å². The van der Waals surface area contributed by atoms with Gasteiger partial charge >= 0.3 is 0 Å². The third kappa shape index (κ3) is 3.97. The van der Waals surface area contributed by atoms with Crippen molar-refractivity contribution in [3.05, 3.63) is 70.8 Å². The summed E-state index contributed by atoms with van der Waals surface area (Å²) in [5.74, 6) is -0.0222. The van der Waals surface area contributed by atoms with Crippen LogP contribution in [0.2, 0.25) is 0 Å². The molecule has 2 aromatic carbocycles. The van der Waals surface area contributed by atoms with E-state index in [0.717, 1.165) is 31.6 Å². The average molecular weight is 309 g/mol. The highest BCUT2D eigenvalue weighted by atomic mass is 16.1. The third-order valence-corrected chi connectivity index (χ3v) is 4.38. The summed E-state index contributed by atoms with van der Waals surface area (Å²) in [6.45, 7) is 4.06. The number of benzene rings is 2. The fourth-order valence-corrected chi connectivity index (χ4v) is 2.97. The standard InChI is InChI=1S/C19H23N3O/c20-13-15-5-7-17(8-6-15)19(23)21-10-12-22-11-9-16-3-1-2-4-18(16)14-22/h1-8H,9-14,20H2,(H,21,23). The molecular formula is C19H23N3O. The van der Waals surface area contributed by atoms with Crippen molar-refractivity contribution in [2.75, 3.05) is 19.6 Å². The smallest absolute Gasteiger partial charge is 0.251 e. The zero-order valence-corrected chi connectivity index (χ0v) is 13.3. The van der Waals surface area contributed by atoms with Crippen molar-refractivity contribution >= 4 is 5.91 Å². The van der Waals surface area contributed by atoms with Crippen LogP contribution in [0.3, 0.4) is 0 Å². The Morgan fingerprint density at radius 3 is 2.57 bits per heavy atom. The summed E-state index contributed by atoms with van der Waals surface area (Å²) in [6.07, 6.45) is 1.09. The molecule has 0 saturated heterocycles. The lowest BCUT2D eigenvalue weighted by Crippen LogP contribution is -2.37. The summed E-state index contributed by atoms with van der Waals surface area (Å²) in [5, 5.41) is 3.00. The first-order valence-electron chi connectivity index (χ1n) is 8.12. The normalized spacial score (nSPS) is 14.3. The van der Waals surface area contributed by atoms with Gasteiger partial charge in [0.2, 0.25) is 0 Å². The molecule has 23 heavy (non-hydrogen) atoms. The van der Waals surface area contributed by atoms with Crippen LogP contribution in [0.1, 0.15) is 27.0 Å². The summed E-state index contributed by atoms with van der Waals surface area (Å²) in [6, 6.07) is 16.1. The van der Waals surface area contributed by atoms with Gasteiger partial charge in [-0.1, -0.05) is 36.4 Å². The van der Waals surface area contributed by atoms with Crippen LogP contribution in [0, 0.1) is 0 Å². The van der Waals surface area contributed by atoms with Gasteiger partial charge in [0.1, 0.15) is 0 Å². The summed E-state index contributed by atoms with van der Waals surface area (Å²) in [7, 11) is 0. The van der Waals surface area contributed by atoms with E-state index < -0.39 is 0 Å². The quantitative estimate of drug-likeness (QED) is 0.887. The van der Waals surface area contributed by atoms with Crippen LogP contribution in [0.4, 0.5) is 0 Å². The highest BCUT2D eigenvalue weighted by Gasteiger charge is 2.15. The molecule has 0 bridgehead atoms. The molecule has 3 N–H and O–H groups in total. The number of amides is 1. The maximum Gasteiger partial charge on any atom is 0.251 e. The number of rotatable bonds is 5. The summed E-state index contributed by atoms with van der Waals surface area (Å²) < 4.78 is 0. The second-order valence-electron chi connectivity index (χ2n) is 5.95. The molecule has 1 heterocycles. The lowest BCUT2D eigenvalue weighted by Gasteiger charge is -2.28. The van der Waals surface area contributed by atoms with E-state index in [9.17, 15) is 4.79 Å². The van der Waals surface area contributed by atoms with Crippen molar-refractivity contribution in [3.8, 4) is 0 Å². The fourth-order valence-electron chi connectivity index (χ4n) is 2.97. The molecule has 0 atom stereocenters. The molecule has 4 nitrogen and oxygen atoms in total. The molecule has 1 aliphatic rings. The van der Waals surface area contributed by atoms with Crippen LogP contribution >= 0.6 is 0 Å². The minimum atomic E-state index is -0.0222. The topological polar surface area (TPSA) is 58.4 Å². The number of carbonyl (C=O) groups is 1. The van der Waals surface area contributed by atoms with Gasteiger partial charge in [-0.05, 0) is 35.2 Å². The van der Waals surface area contributed by atoms with E-state index in [0.29, 0.717) is 18.7 Å². The largest absolute Gasteiger partial charge is 0.351 e. The molecule has 0 fully saturated rings. The minimum Gasteiger partial charge on any atom is -0.351 e. The molecule has 0 radical (unpaired) electrons. The Bertz CT molecular complexity index is 667. The van der Waals surface area contributed by atoms with Gasteiger partial charge in [-0.15, -0.1) is 0 Å². The monoisotopic (exact) mass is 309 g/mol. The third-order valence-electron chi connectivity index (χ3n) is 4.38. The van der Waals surface area contributed by atoms with Gasteiger partial charge in [0.15, 0.2) is 0 Å². The van der Waals surface area contributed by atoms with Gasteiger partial charge in [0.25, 0.3) is 5.91 Å². The number of fused-ring (bicyclic) bond motifs is 1. The lowest BCUT2D eigenvalue weighted by atomic mass is 10.00. The van der Waals surface area contributed by atoms with Gasteiger partial charge in [-0.3, -0.25) is 9.69 Å². The van der Waals surface area contributed by atoms with Crippen LogP contribution in [0.25, 0.3) is 0 Å². The van der Waals surface area contributed by atoms with E-state index in [2.05, 4.69) is 34.5 Å². The van der Waals surface area contributed by atoms with Crippen molar-refractivity contribution in [1.82, 2.24) is 10.2 Å². The molecule has 120 valence electrons. The van der Waals surface area contributed by atoms with Gasteiger partial charge < -0.3 is 11.1 Å². The molecule has 3 rings (SSSR count). The second kappa shape index (κ2) is 7.40. The van der Waals surface area contributed by atoms with Gasteiger partial charge in [0, 0.05) is 38.3 Å². The molecular weight excluding hydrogens is 286 g/mol. The van der Waals surface area contributed by atoms with Crippen LogP contribution in [0.5, 0.6) is 0 Å². The zero-order valence-electron chi connectivity index (χ0n) is 13.3. The predicted octanol–water partition coefficient (Wildman–Crippen LogP) is 1.93. The average Bonchev–Trinajstić information content (AvgIpc) is 2.61. The Kier molecular flexibility index (Phi) is 5.05. The van der Waals surface area contributed by atoms with E-state index in [-0.39, 0.29) is 5.91 Å². The Labute approximate surface area is 137 Å². The predicted molar refractivity (Wildman–Crippen MR) is 92.1 cm³/mol. The van der Waals surface area contributed by atoms with E-state index >= 15 is 0 Å². The van der Waals surface area contributed by atoms with Crippen LogP contribution in [-0.4, -0.2) is 30.4 Å². The molecule has 2 aromatic rings. The number of nitrogens with two attached hydrogens (primary N) is 1. The lowest BCUT2D eigenvalue weighted by molar-refractivity contribution is 0.0947. The molecule has 0 saturated carbocycles. The summed E-state index contributed by atoms with van der Waals surface area (Å²) >= 11 is 0. The number of hydrogen-bond donors (Lipinski definition) is 2. The van der Waals surface area contributed by atoms with Crippen LogP contribution < -0.4 is 11.1 Å². The first-order chi connectivity index (χ1) is 11.3. The fraction of sp³-hybridized carbons (Fsp3) is 0.316. The molecule has 1 aliphatic heterocycles. The maximum absolute atomic E-state index is 12.1. The molecule has 4 heteroatoms. The van der Waals surface area contributed by atoms with Crippen molar-refractivity contribution in [3.63, 3.8) is 0 Å². The van der Waals surface area contributed by atoms with Gasteiger partial charge in [-0.2, -0.15) is 0 Å². The number of nitrogens with one attached hydrogen (secondary N) is 1. The highest BCUT2D eigenvalue weighted by Crippen LogP contribution is 2.17. The number of nitrogens with zero attached hydrogens (tertiary/aromatic N) is 1. The first-order valence-corrected chi connectivity index (χ1v) is 8.12. The van der Waals surface area contributed by atoms with Gasteiger partial charge in [0.05, 0.1) is 0 Å². The van der Waals surface area contributed by atoms with Crippen molar-refractivity contribution in [2.45, 2.75) is 19.5 Å². The SMILES string of the molecule is NCc1ccc(C(=O)NCCN2CCc3ccccc3C2)cc1. The van der Waals surface area contributed by atoms with E-state index in [1.807, 2.05) is 24.3 Å². The van der Waals surface area contributed by atoms with E-state index in [1.54, 1.807) is 0 Å². The van der Waals surface area contributed by atoms with Crippen molar-refractivity contribution in [2.24, 2.45) is 5.73 Å². The number of carbonyl (C=O) groups excluding carboxylic acids is 1. The molecule has 0 aromatic heterocycles. The van der Waals surface area contributed by atoms with E-state index in [4.69, 9.17) is 5.73 Å². The first kappa shape index (κ1) is 15.7. The Morgan fingerprint density at radius 1 is 1.09 bits per heavy atom. The molecule has 0 spiro atoms. The Balaban J connectivity index is 1.47. The van der Waals surface area contributed by atoms with Crippen LogP contribution in [0.15, 0.2) is 48.5 Å². The molecule has 1 amide bonds. The van der Waals surface area contributed by atoms with Gasteiger partial charge in [-0.25, -0.2) is 0 Å². The molecule has 0 aliphatic carbocycles.